The lowest BCUT2D eigenvalue weighted by Gasteiger charge is -2.02. The highest BCUT2D eigenvalue weighted by Gasteiger charge is 2.08. The Labute approximate surface area is 208 Å². The fraction of sp³-hybridized carbons (Fsp3) is 0.138. The molecule has 2 aromatic heterocycles. The van der Waals surface area contributed by atoms with Crippen molar-refractivity contribution in [3.05, 3.63) is 102 Å². The van der Waals surface area contributed by atoms with E-state index >= 15 is 0 Å². The molecule has 5 aromatic rings. The second-order valence-electron chi connectivity index (χ2n) is 8.49. The maximum Gasteiger partial charge on any atom is 0.248 e. The molecule has 0 radical (unpaired) electrons. The normalized spacial score (nSPS) is 11.4. The minimum Gasteiger partial charge on any atom is -0.457 e. The second kappa shape index (κ2) is 10.4. The van der Waals surface area contributed by atoms with Crippen LogP contribution in [0.5, 0.6) is 0 Å². The third kappa shape index (κ3) is 5.41. The summed E-state index contributed by atoms with van der Waals surface area (Å²) in [5, 5.41) is 12.0. The van der Waals surface area contributed by atoms with Crippen molar-refractivity contribution in [1.29, 1.82) is 0 Å². The Bertz CT molecular complexity index is 1520. The topological polar surface area (TPSA) is 73.0 Å². The third-order valence-electron chi connectivity index (χ3n) is 5.79. The van der Waals surface area contributed by atoms with E-state index in [0.717, 1.165) is 23.2 Å². The molecule has 0 bridgehead atoms. The summed E-state index contributed by atoms with van der Waals surface area (Å²) >= 11 is 0. The summed E-state index contributed by atoms with van der Waals surface area (Å²) in [6.45, 7) is 2.19. The number of rotatable bonds is 8. The number of fused-ring (bicyclic) bond motifs is 1. The summed E-state index contributed by atoms with van der Waals surface area (Å²) in [5.41, 5.74) is 4.99. The van der Waals surface area contributed by atoms with Crippen molar-refractivity contribution in [3.8, 4) is 17.0 Å². The fourth-order valence-electron chi connectivity index (χ4n) is 3.84. The minimum atomic E-state index is -0.306. The maximum absolute atomic E-state index is 13.1. The number of hydrogen-bond acceptors (Lipinski definition) is 4. The molecule has 0 atom stereocenters. The molecule has 0 saturated carbocycles. The van der Waals surface area contributed by atoms with Crippen LogP contribution in [-0.4, -0.2) is 20.9 Å². The van der Waals surface area contributed by atoms with Crippen LogP contribution in [0.1, 0.15) is 31.1 Å². The van der Waals surface area contributed by atoms with Crippen molar-refractivity contribution in [1.82, 2.24) is 15.0 Å². The number of unbranched alkanes of at least 4 members (excludes halogenated alkanes) is 1. The minimum absolute atomic E-state index is 0.302. The van der Waals surface area contributed by atoms with E-state index in [1.165, 1.54) is 36.6 Å². The van der Waals surface area contributed by atoms with Gasteiger partial charge in [0.25, 0.3) is 0 Å². The van der Waals surface area contributed by atoms with E-state index in [9.17, 15) is 9.18 Å². The Balaban J connectivity index is 1.24. The lowest BCUT2D eigenvalue weighted by molar-refractivity contribution is -0.111. The number of furan rings is 1. The molecule has 7 heteroatoms. The molecule has 3 aromatic carbocycles. The lowest BCUT2D eigenvalue weighted by Crippen LogP contribution is -2.07. The molecule has 1 N–H and O–H groups in total. The van der Waals surface area contributed by atoms with E-state index in [0.29, 0.717) is 22.7 Å². The number of halogens is 1. The van der Waals surface area contributed by atoms with Crippen LogP contribution in [0, 0.1) is 5.82 Å². The smallest absolute Gasteiger partial charge is 0.248 e. The van der Waals surface area contributed by atoms with Gasteiger partial charge in [-0.15, -0.1) is 10.2 Å². The van der Waals surface area contributed by atoms with Crippen LogP contribution < -0.4 is 5.32 Å². The van der Waals surface area contributed by atoms with Crippen molar-refractivity contribution in [2.24, 2.45) is 0 Å². The first-order valence-electron chi connectivity index (χ1n) is 11.9. The predicted molar refractivity (Wildman–Crippen MR) is 139 cm³/mol. The average molecular weight is 481 g/mol. The molecule has 1 amide bonds. The van der Waals surface area contributed by atoms with Crippen molar-refractivity contribution < 1.29 is 13.6 Å². The maximum atomic E-state index is 13.1. The first-order valence-corrected chi connectivity index (χ1v) is 11.9. The molecule has 0 saturated heterocycles. The van der Waals surface area contributed by atoms with Crippen LogP contribution in [0.2, 0.25) is 0 Å². The quantitative estimate of drug-likeness (QED) is 0.248. The first kappa shape index (κ1) is 23.2. The predicted octanol–water partition coefficient (Wildman–Crippen LogP) is 6.81. The standard InChI is InChI=1S/C29H25FN4O2/c1-2-3-4-20-5-12-24(13-6-20)34-32-26-16-11-23(19-27(26)33-34)31-29(35)18-15-25-14-17-28(36-25)21-7-9-22(30)10-8-21/h5-19H,2-4H2,1H3,(H,31,35)/b18-15+. The van der Waals surface area contributed by atoms with Gasteiger partial charge in [-0.05, 0) is 91.2 Å². The van der Waals surface area contributed by atoms with Crippen molar-refractivity contribution in [3.63, 3.8) is 0 Å². The molecule has 0 aliphatic heterocycles. The highest BCUT2D eigenvalue weighted by Crippen LogP contribution is 2.23. The van der Waals surface area contributed by atoms with Crippen molar-refractivity contribution in [2.45, 2.75) is 26.2 Å². The molecule has 0 aliphatic rings. The van der Waals surface area contributed by atoms with Gasteiger partial charge in [0.05, 0.1) is 5.69 Å². The molecule has 0 unspecified atom stereocenters. The molecular weight excluding hydrogens is 455 g/mol. The van der Waals surface area contributed by atoms with Gasteiger partial charge in [0.1, 0.15) is 28.4 Å². The Morgan fingerprint density at radius 2 is 1.75 bits per heavy atom. The van der Waals surface area contributed by atoms with Gasteiger partial charge in [0.2, 0.25) is 5.91 Å². The van der Waals surface area contributed by atoms with Crippen molar-refractivity contribution >= 4 is 28.7 Å². The Hall–Kier alpha value is -4.52. The zero-order chi connectivity index (χ0) is 24.9. The van der Waals surface area contributed by atoms with E-state index in [1.54, 1.807) is 47.3 Å². The summed E-state index contributed by atoms with van der Waals surface area (Å²) in [6, 6.07) is 23.2. The molecule has 0 aliphatic carbocycles. The molecule has 0 fully saturated rings. The highest BCUT2D eigenvalue weighted by molar-refractivity contribution is 6.02. The molecular formula is C29H25FN4O2. The SMILES string of the molecule is CCCCc1ccc(-n2nc3ccc(NC(=O)/C=C/c4ccc(-c5ccc(F)cc5)o4)cc3n2)cc1. The van der Waals surface area contributed by atoms with Crippen LogP contribution in [-0.2, 0) is 11.2 Å². The number of nitrogens with one attached hydrogen (secondary N) is 1. The number of carbonyl (C=O) groups is 1. The van der Waals surface area contributed by atoms with Gasteiger partial charge in [-0.25, -0.2) is 4.39 Å². The molecule has 180 valence electrons. The number of amides is 1. The van der Waals surface area contributed by atoms with Gasteiger partial charge in [0.15, 0.2) is 0 Å². The molecule has 2 heterocycles. The zero-order valence-electron chi connectivity index (χ0n) is 19.8. The fourth-order valence-corrected chi connectivity index (χ4v) is 3.84. The van der Waals surface area contributed by atoms with Gasteiger partial charge in [-0.1, -0.05) is 25.5 Å². The van der Waals surface area contributed by atoms with Crippen LogP contribution in [0.4, 0.5) is 10.1 Å². The Morgan fingerprint density at radius 3 is 2.53 bits per heavy atom. The van der Waals surface area contributed by atoms with Gasteiger partial charge in [-0.2, -0.15) is 4.80 Å². The number of aryl methyl sites for hydroxylation is 1. The number of nitrogens with zero attached hydrogens (tertiary/aromatic N) is 3. The third-order valence-corrected chi connectivity index (χ3v) is 5.79. The summed E-state index contributed by atoms with van der Waals surface area (Å²) in [7, 11) is 0. The number of hydrogen-bond donors (Lipinski definition) is 1. The zero-order valence-corrected chi connectivity index (χ0v) is 19.8. The van der Waals surface area contributed by atoms with E-state index in [2.05, 4.69) is 34.6 Å². The number of carbonyl (C=O) groups excluding carboxylic acids is 1. The Kier molecular flexibility index (Phi) is 6.71. The van der Waals surface area contributed by atoms with Crippen LogP contribution in [0.25, 0.3) is 34.1 Å². The summed E-state index contributed by atoms with van der Waals surface area (Å²) in [6.07, 6.45) is 6.39. The molecule has 0 spiro atoms. The van der Waals surface area contributed by atoms with E-state index < -0.39 is 0 Å². The molecule has 6 nitrogen and oxygen atoms in total. The van der Waals surface area contributed by atoms with Gasteiger partial charge in [0, 0.05) is 17.3 Å². The molecule has 36 heavy (non-hydrogen) atoms. The van der Waals surface area contributed by atoms with E-state index in [-0.39, 0.29) is 11.7 Å². The number of benzene rings is 3. The average Bonchev–Trinajstić information content (AvgIpc) is 3.54. The summed E-state index contributed by atoms with van der Waals surface area (Å²) < 4.78 is 18.8. The lowest BCUT2D eigenvalue weighted by atomic mass is 10.1. The van der Waals surface area contributed by atoms with Crippen LogP contribution >= 0.6 is 0 Å². The van der Waals surface area contributed by atoms with Crippen LogP contribution in [0.3, 0.4) is 0 Å². The number of aromatic nitrogens is 3. The largest absolute Gasteiger partial charge is 0.457 e. The van der Waals surface area contributed by atoms with Gasteiger partial charge < -0.3 is 9.73 Å². The Morgan fingerprint density at radius 1 is 0.972 bits per heavy atom. The summed E-state index contributed by atoms with van der Waals surface area (Å²) in [4.78, 5) is 14.1. The van der Waals surface area contributed by atoms with Crippen molar-refractivity contribution in [2.75, 3.05) is 5.32 Å². The van der Waals surface area contributed by atoms with Crippen LogP contribution in [0.15, 0.2) is 89.4 Å². The van der Waals surface area contributed by atoms with Gasteiger partial charge in [-0.3, -0.25) is 4.79 Å². The first-order chi connectivity index (χ1) is 17.6. The van der Waals surface area contributed by atoms with E-state index in [4.69, 9.17) is 4.42 Å². The second-order valence-corrected chi connectivity index (χ2v) is 8.49. The number of anilines is 1. The van der Waals surface area contributed by atoms with Gasteiger partial charge >= 0.3 is 0 Å². The monoisotopic (exact) mass is 480 g/mol. The highest BCUT2D eigenvalue weighted by atomic mass is 19.1. The van der Waals surface area contributed by atoms with E-state index in [1.807, 2.05) is 18.2 Å². The molecule has 5 rings (SSSR count). The summed E-state index contributed by atoms with van der Waals surface area (Å²) in [5.74, 6) is 0.506.